The number of para-hydroxylation sites is 4. The van der Waals surface area contributed by atoms with Crippen LogP contribution in [0.1, 0.15) is 5.56 Å². The van der Waals surface area contributed by atoms with Crippen molar-refractivity contribution in [2.45, 2.75) is 6.67 Å². The van der Waals surface area contributed by atoms with Crippen LogP contribution >= 0.6 is 0 Å². The van der Waals surface area contributed by atoms with Gasteiger partial charge in [-0.2, -0.15) is 4.99 Å². The molecule has 2 aromatic heterocycles. The molecule has 8 aromatic carbocycles. The van der Waals surface area contributed by atoms with Crippen molar-refractivity contribution in [1.82, 2.24) is 9.13 Å². The molecule has 0 unspecified atom stereocenters. The molecule has 0 bridgehead atoms. The molecule has 0 saturated carbocycles. The van der Waals surface area contributed by atoms with Gasteiger partial charge in [-0.05, 0) is 45.0 Å². The normalized spacial score (nSPS) is 12.6. The summed E-state index contributed by atoms with van der Waals surface area (Å²) in [6.45, 7) is 0.357. The van der Waals surface area contributed by atoms with E-state index in [2.05, 4.69) is 209 Å². The zero-order valence-electron chi connectivity index (χ0n) is 31.3. The minimum absolute atomic E-state index is 0.357. The van der Waals surface area contributed by atoms with Crippen molar-refractivity contribution in [3.63, 3.8) is 0 Å². The molecular formula is C51H39N5Si. The van der Waals surface area contributed by atoms with E-state index >= 15 is 0 Å². The molecule has 0 amide bonds. The summed E-state index contributed by atoms with van der Waals surface area (Å²) in [5, 5.41) is 9.79. The van der Waals surface area contributed by atoms with Gasteiger partial charge in [-0.25, -0.2) is 4.99 Å². The molecule has 10 aromatic rings. The first-order valence-electron chi connectivity index (χ1n) is 19.3. The van der Waals surface area contributed by atoms with E-state index in [0.29, 0.717) is 18.5 Å². The molecule has 0 saturated heterocycles. The monoisotopic (exact) mass is 749 g/mol. The van der Waals surface area contributed by atoms with Gasteiger partial charge < -0.3 is 10.3 Å². The van der Waals surface area contributed by atoms with Gasteiger partial charge in [-0.15, -0.1) is 0 Å². The third kappa shape index (κ3) is 5.77. The molecular weight excluding hydrogens is 711 g/mol. The fourth-order valence-electron chi connectivity index (χ4n) is 8.77. The number of rotatable bonds is 7. The lowest BCUT2D eigenvalue weighted by atomic mass is 10.2. The molecule has 0 radical (unpaired) electrons. The van der Waals surface area contributed by atoms with Crippen LogP contribution in [0.25, 0.3) is 43.6 Å². The lowest BCUT2D eigenvalue weighted by Gasteiger charge is -2.34. The number of amidine groups is 1. The molecule has 2 heterocycles. The van der Waals surface area contributed by atoms with Crippen molar-refractivity contribution in [3.8, 4) is 0 Å². The molecule has 5 nitrogen and oxygen atoms in total. The van der Waals surface area contributed by atoms with Crippen LogP contribution in [0.15, 0.2) is 222 Å². The maximum absolute atomic E-state index is 7.17. The molecule has 6 heteroatoms. The Balaban J connectivity index is 1.22. The van der Waals surface area contributed by atoms with E-state index in [4.69, 9.17) is 15.7 Å². The van der Waals surface area contributed by atoms with Crippen molar-refractivity contribution in [3.05, 3.63) is 218 Å². The van der Waals surface area contributed by atoms with Gasteiger partial charge in [-0.1, -0.05) is 188 Å². The number of hydrogen-bond acceptors (Lipinski definition) is 1. The molecule has 2 N–H and O–H groups in total. The van der Waals surface area contributed by atoms with Crippen molar-refractivity contribution in [2.75, 3.05) is 0 Å². The quantitative estimate of drug-likeness (QED) is 0.0756. The van der Waals surface area contributed by atoms with Gasteiger partial charge in [0.25, 0.3) is 0 Å². The van der Waals surface area contributed by atoms with Crippen LogP contribution < -0.4 is 26.5 Å². The van der Waals surface area contributed by atoms with E-state index in [1.54, 1.807) is 0 Å². The predicted octanol–water partition coefficient (Wildman–Crippen LogP) is 8.55. The Kier molecular flexibility index (Phi) is 8.66. The molecule has 0 spiro atoms. The van der Waals surface area contributed by atoms with Crippen molar-refractivity contribution in [1.29, 1.82) is 0 Å². The summed E-state index contributed by atoms with van der Waals surface area (Å²) < 4.78 is 4.33. The zero-order chi connectivity index (χ0) is 38.2. The lowest BCUT2D eigenvalue weighted by Crippen LogP contribution is -2.74. The number of nitrogens with two attached hydrogens (primary N) is 1. The summed E-state index contributed by atoms with van der Waals surface area (Å²) in [5.41, 5.74) is 12.3. The van der Waals surface area contributed by atoms with Crippen LogP contribution in [0, 0.1) is 0 Å². The third-order valence-electron chi connectivity index (χ3n) is 11.2. The average molecular weight is 750 g/mol. The molecule has 272 valence electrons. The molecule has 10 rings (SSSR count). The van der Waals surface area contributed by atoms with Gasteiger partial charge in [0, 0.05) is 27.1 Å². The summed E-state index contributed by atoms with van der Waals surface area (Å²) in [7, 11) is -2.84. The van der Waals surface area contributed by atoms with Crippen molar-refractivity contribution >= 4 is 84.2 Å². The Labute approximate surface area is 332 Å². The van der Waals surface area contributed by atoms with Crippen LogP contribution in [-0.4, -0.2) is 29.0 Å². The molecule has 57 heavy (non-hydrogen) atoms. The Hall–Kier alpha value is -7.28. The highest BCUT2D eigenvalue weighted by molar-refractivity contribution is 7.19. The molecule has 0 atom stereocenters. The predicted molar refractivity (Wildman–Crippen MR) is 243 cm³/mol. The number of benzene rings is 8. The summed E-state index contributed by atoms with van der Waals surface area (Å²) in [6, 6.07) is 75.6. The minimum atomic E-state index is -2.84. The van der Waals surface area contributed by atoms with Gasteiger partial charge in [-0.3, -0.25) is 4.57 Å². The zero-order valence-corrected chi connectivity index (χ0v) is 32.3. The number of hydrogen-bond donors (Lipinski definition) is 1. The van der Waals surface area contributed by atoms with Gasteiger partial charge in [0.05, 0.1) is 22.1 Å². The van der Waals surface area contributed by atoms with E-state index in [-0.39, 0.29) is 0 Å². The highest BCUT2D eigenvalue weighted by Crippen LogP contribution is 2.30. The summed E-state index contributed by atoms with van der Waals surface area (Å²) in [4.78, 5) is 10.7. The summed E-state index contributed by atoms with van der Waals surface area (Å²) in [6.07, 6.45) is 0. The van der Waals surface area contributed by atoms with E-state index in [1.165, 1.54) is 31.5 Å². The number of aliphatic imine (C=N–C) groups is 2. The minimum Gasteiger partial charge on any atom is -0.369 e. The van der Waals surface area contributed by atoms with E-state index in [1.807, 2.05) is 12.1 Å². The lowest BCUT2D eigenvalue weighted by molar-refractivity contribution is 0.791. The number of aromatic nitrogens is 2. The SMILES string of the molecule is NC(=N/C(=N\Cn1c2ccccc2c2ccccc21)c1cccc([Si](c2ccccc2)(c2ccccc2)c2ccccc2)c1)n1c2ccccc2c2ccccc21. The molecule has 0 aliphatic rings. The molecule has 0 aliphatic carbocycles. The summed E-state index contributed by atoms with van der Waals surface area (Å²) in [5.74, 6) is 0.923. The van der Waals surface area contributed by atoms with Gasteiger partial charge >= 0.3 is 0 Å². The topological polar surface area (TPSA) is 60.6 Å². The van der Waals surface area contributed by atoms with Crippen LogP contribution in [-0.2, 0) is 6.67 Å². The third-order valence-corrected chi connectivity index (χ3v) is 16.0. The standard InChI is InChI=1S/C51H39N5Si/c52-51(56-48-33-16-12-29-44(48)45-30-13-17-34-49(45)56)54-50(53-36-55-46-31-14-10-27-42(46)43-28-11-15-32-47(43)55)37-19-18-26-41(35-37)57(38-20-4-1-5-21-38,39-22-6-2-7-23-39)40-24-8-3-9-25-40/h1-35H,36H2,(H2,52,53,54). The first kappa shape index (κ1) is 34.2. The second-order valence-corrected chi connectivity index (χ2v) is 18.2. The Bertz CT molecular complexity index is 2900. The van der Waals surface area contributed by atoms with Crippen LogP contribution in [0.2, 0.25) is 0 Å². The van der Waals surface area contributed by atoms with Gasteiger partial charge in [0.2, 0.25) is 5.96 Å². The summed E-state index contributed by atoms with van der Waals surface area (Å²) >= 11 is 0. The number of fused-ring (bicyclic) bond motifs is 6. The Morgan fingerprint density at radius 3 is 1.28 bits per heavy atom. The average Bonchev–Trinajstić information content (AvgIpc) is 3.79. The highest BCUT2D eigenvalue weighted by atomic mass is 28.3. The Morgan fingerprint density at radius 1 is 0.421 bits per heavy atom. The smallest absolute Gasteiger partial charge is 0.207 e. The van der Waals surface area contributed by atoms with Crippen LogP contribution in [0.5, 0.6) is 0 Å². The van der Waals surface area contributed by atoms with Crippen molar-refractivity contribution < 1.29 is 0 Å². The fraction of sp³-hybridized carbons (Fsp3) is 0.0196. The highest BCUT2D eigenvalue weighted by Gasteiger charge is 2.41. The van der Waals surface area contributed by atoms with E-state index in [0.717, 1.165) is 38.4 Å². The first-order valence-corrected chi connectivity index (χ1v) is 21.3. The van der Waals surface area contributed by atoms with Crippen LogP contribution in [0.3, 0.4) is 0 Å². The fourth-order valence-corrected chi connectivity index (χ4v) is 13.6. The molecule has 0 fully saturated rings. The maximum Gasteiger partial charge on any atom is 0.207 e. The maximum atomic E-state index is 7.17. The first-order chi connectivity index (χ1) is 28.2. The van der Waals surface area contributed by atoms with Gasteiger partial charge in [0.1, 0.15) is 6.67 Å². The van der Waals surface area contributed by atoms with E-state index < -0.39 is 8.07 Å². The van der Waals surface area contributed by atoms with Crippen molar-refractivity contribution in [2.24, 2.45) is 15.7 Å². The Morgan fingerprint density at radius 2 is 0.807 bits per heavy atom. The number of nitrogens with zero attached hydrogens (tertiary/aromatic N) is 4. The van der Waals surface area contributed by atoms with Crippen LogP contribution in [0.4, 0.5) is 0 Å². The molecule has 0 aliphatic heterocycles. The largest absolute Gasteiger partial charge is 0.369 e. The second kappa shape index (κ2) is 14.4. The van der Waals surface area contributed by atoms with E-state index in [9.17, 15) is 0 Å². The van der Waals surface area contributed by atoms with Gasteiger partial charge in [0.15, 0.2) is 13.9 Å². The second-order valence-electron chi connectivity index (χ2n) is 14.4.